The van der Waals surface area contributed by atoms with Crippen LogP contribution in [0.1, 0.15) is 48.5 Å². The fourth-order valence-electron chi connectivity index (χ4n) is 1.61. The van der Waals surface area contributed by atoms with E-state index in [1.54, 1.807) is 34.6 Å². The third-order valence-electron chi connectivity index (χ3n) is 2.70. The molecule has 2 atom stereocenters. The van der Waals surface area contributed by atoms with Gasteiger partial charge in [0.2, 0.25) is 6.10 Å². The van der Waals surface area contributed by atoms with Crippen LogP contribution in [0.15, 0.2) is 0 Å². The van der Waals surface area contributed by atoms with E-state index in [4.69, 9.17) is 14.6 Å². The Hall–Kier alpha value is -1.83. The molecule has 0 saturated carbocycles. The van der Waals surface area contributed by atoms with E-state index in [0.717, 1.165) is 0 Å². The van der Waals surface area contributed by atoms with E-state index in [2.05, 4.69) is 5.32 Å². The van der Waals surface area contributed by atoms with Gasteiger partial charge in [-0.15, -0.1) is 0 Å². The second-order valence-electron chi connectivity index (χ2n) is 7.17. The van der Waals surface area contributed by atoms with Gasteiger partial charge in [0.25, 0.3) is 0 Å². The summed E-state index contributed by atoms with van der Waals surface area (Å²) in [5, 5.41) is 21.3. The van der Waals surface area contributed by atoms with Gasteiger partial charge >= 0.3 is 18.0 Å². The zero-order chi connectivity index (χ0) is 18.6. The molecule has 0 rings (SSSR count). The Morgan fingerprint density at radius 3 is 1.83 bits per heavy atom. The van der Waals surface area contributed by atoms with Crippen LogP contribution >= 0.6 is 0 Å². The van der Waals surface area contributed by atoms with Crippen LogP contribution in [-0.4, -0.2) is 51.6 Å². The largest absolute Gasteiger partial charge is 0.478 e. The van der Waals surface area contributed by atoms with Crippen molar-refractivity contribution in [3.63, 3.8) is 0 Å². The Bertz CT molecular complexity index is 446. The Kier molecular flexibility index (Phi) is 7.02. The molecular weight excluding hydrogens is 306 g/mol. The van der Waals surface area contributed by atoms with Crippen molar-refractivity contribution in [2.45, 2.75) is 71.8 Å². The van der Waals surface area contributed by atoms with Crippen LogP contribution in [0.5, 0.6) is 0 Å². The first kappa shape index (κ1) is 21.2. The minimum Gasteiger partial charge on any atom is -0.478 e. The van der Waals surface area contributed by atoms with Gasteiger partial charge in [0.15, 0.2) is 6.04 Å². The molecule has 0 aliphatic carbocycles. The second kappa shape index (κ2) is 7.63. The Balaban J connectivity index is 5.16. The minimum absolute atomic E-state index is 0.472. The lowest BCUT2D eigenvalue weighted by molar-refractivity contribution is -0.172. The first-order chi connectivity index (χ1) is 10.1. The molecule has 23 heavy (non-hydrogen) atoms. The first-order valence-corrected chi connectivity index (χ1v) is 7.30. The van der Waals surface area contributed by atoms with Crippen molar-refractivity contribution in [3.8, 4) is 0 Å². The van der Waals surface area contributed by atoms with Crippen LogP contribution < -0.4 is 5.32 Å². The summed E-state index contributed by atoms with van der Waals surface area (Å²) in [5.41, 5.74) is -2.46. The molecule has 3 N–H and O–H groups in total. The molecule has 0 aromatic rings. The quantitative estimate of drug-likeness (QED) is 0.626. The molecule has 0 radical (unpaired) electrons. The predicted molar refractivity (Wildman–Crippen MR) is 81.8 cm³/mol. The predicted octanol–water partition coefficient (Wildman–Crippen LogP) is 1.30. The number of rotatable bonds is 6. The van der Waals surface area contributed by atoms with Crippen molar-refractivity contribution in [2.75, 3.05) is 0 Å². The number of carboxylic acids is 1. The average molecular weight is 333 g/mol. The summed E-state index contributed by atoms with van der Waals surface area (Å²) in [5.74, 6) is -2.83. The first-order valence-electron chi connectivity index (χ1n) is 7.30. The molecule has 0 heterocycles. The number of hydrogen-bond donors (Lipinski definition) is 3. The van der Waals surface area contributed by atoms with E-state index in [1.807, 2.05) is 0 Å². The van der Waals surface area contributed by atoms with E-state index in [-0.39, 0.29) is 0 Å². The van der Waals surface area contributed by atoms with Gasteiger partial charge in [0.05, 0.1) is 5.60 Å². The Morgan fingerprint density at radius 2 is 1.52 bits per heavy atom. The number of carboxylic acid groups (broad SMARTS) is 1. The number of ether oxygens (including phenoxy) is 2. The molecular formula is C15H27NO7. The van der Waals surface area contributed by atoms with Crippen molar-refractivity contribution in [2.24, 2.45) is 5.92 Å². The van der Waals surface area contributed by atoms with Crippen molar-refractivity contribution in [1.29, 1.82) is 0 Å². The van der Waals surface area contributed by atoms with Gasteiger partial charge in [-0.2, -0.15) is 0 Å². The van der Waals surface area contributed by atoms with Gasteiger partial charge in [0.1, 0.15) is 5.60 Å². The lowest BCUT2D eigenvalue weighted by Crippen LogP contribution is -2.56. The highest BCUT2D eigenvalue weighted by atomic mass is 16.6. The smallest absolute Gasteiger partial charge is 0.408 e. The summed E-state index contributed by atoms with van der Waals surface area (Å²) in [7, 11) is 0. The molecule has 0 spiro atoms. The highest BCUT2D eigenvalue weighted by Crippen LogP contribution is 2.16. The lowest BCUT2D eigenvalue weighted by atomic mass is 9.99. The Morgan fingerprint density at radius 1 is 1.04 bits per heavy atom. The number of nitrogens with one attached hydrogen (secondary N) is 1. The van der Waals surface area contributed by atoms with E-state index >= 15 is 0 Å². The molecule has 0 fully saturated rings. The van der Waals surface area contributed by atoms with Crippen LogP contribution in [-0.2, 0) is 19.1 Å². The van der Waals surface area contributed by atoms with Crippen molar-refractivity contribution in [1.82, 2.24) is 5.32 Å². The molecule has 0 bridgehead atoms. The number of esters is 1. The summed E-state index contributed by atoms with van der Waals surface area (Å²) in [4.78, 5) is 35.1. The van der Waals surface area contributed by atoms with Gasteiger partial charge in [-0.05, 0) is 34.6 Å². The normalized spacial score (nSPS) is 14.8. The van der Waals surface area contributed by atoms with E-state index in [0.29, 0.717) is 0 Å². The lowest BCUT2D eigenvalue weighted by Gasteiger charge is -2.30. The summed E-state index contributed by atoms with van der Waals surface area (Å²) in [6.07, 6.45) is -2.30. The van der Waals surface area contributed by atoms with Gasteiger partial charge in [-0.1, -0.05) is 13.8 Å². The van der Waals surface area contributed by atoms with Crippen LogP contribution in [0, 0.1) is 5.92 Å². The summed E-state index contributed by atoms with van der Waals surface area (Å²) in [6, 6.07) is -1.47. The molecule has 0 aliphatic rings. The van der Waals surface area contributed by atoms with Crippen LogP contribution in [0.3, 0.4) is 0 Å². The van der Waals surface area contributed by atoms with Crippen molar-refractivity contribution >= 4 is 18.0 Å². The molecule has 1 amide bonds. The van der Waals surface area contributed by atoms with Gasteiger partial charge < -0.3 is 25.0 Å². The third-order valence-corrected chi connectivity index (χ3v) is 2.70. The monoisotopic (exact) mass is 333 g/mol. The molecule has 8 nitrogen and oxygen atoms in total. The van der Waals surface area contributed by atoms with E-state index < -0.39 is 47.3 Å². The molecule has 0 aliphatic heterocycles. The molecule has 134 valence electrons. The highest BCUT2D eigenvalue weighted by Gasteiger charge is 2.39. The molecule has 0 unspecified atom stereocenters. The minimum atomic E-state index is -1.67. The summed E-state index contributed by atoms with van der Waals surface area (Å²) in [6.45, 7) is 10.7. The fourth-order valence-corrected chi connectivity index (χ4v) is 1.61. The SMILES string of the molecule is CC(C)[C@@H](OC(=O)[C@@H](NC(=O)OC(C)(C)C)C(C)(C)O)C(=O)O. The number of amides is 1. The number of hydrogen-bond acceptors (Lipinski definition) is 6. The topological polar surface area (TPSA) is 122 Å². The maximum atomic E-state index is 12.2. The Labute approximate surface area is 136 Å². The zero-order valence-electron chi connectivity index (χ0n) is 14.7. The summed E-state index contributed by atoms with van der Waals surface area (Å²) >= 11 is 0. The highest BCUT2D eigenvalue weighted by molar-refractivity contribution is 5.85. The van der Waals surface area contributed by atoms with Gasteiger partial charge in [0, 0.05) is 5.92 Å². The molecule has 8 heteroatoms. The van der Waals surface area contributed by atoms with Crippen LogP contribution in [0.4, 0.5) is 4.79 Å². The summed E-state index contributed by atoms with van der Waals surface area (Å²) < 4.78 is 9.95. The van der Waals surface area contributed by atoms with Crippen LogP contribution in [0.2, 0.25) is 0 Å². The number of alkyl carbamates (subject to hydrolysis) is 1. The standard InChI is InChI=1S/C15H27NO7/c1-8(2)9(11(17)18)22-12(19)10(15(6,7)21)16-13(20)23-14(3,4)5/h8-10,21H,1-7H3,(H,16,20)(H,17,18)/t9-,10-/m1/s1. The maximum Gasteiger partial charge on any atom is 0.408 e. The fraction of sp³-hybridized carbons (Fsp3) is 0.800. The number of carbonyl (C=O) groups is 3. The third kappa shape index (κ3) is 7.83. The number of carbonyl (C=O) groups excluding carboxylic acids is 2. The van der Waals surface area contributed by atoms with E-state index in [1.165, 1.54) is 13.8 Å². The van der Waals surface area contributed by atoms with Crippen molar-refractivity contribution < 1.29 is 34.1 Å². The molecule has 0 aromatic carbocycles. The molecule has 0 saturated heterocycles. The van der Waals surface area contributed by atoms with Crippen molar-refractivity contribution in [3.05, 3.63) is 0 Å². The second-order valence-corrected chi connectivity index (χ2v) is 7.17. The average Bonchev–Trinajstić information content (AvgIpc) is 2.28. The number of aliphatic hydroxyl groups is 1. The maximum absolute atomic E-state index is 12.2. The van der Waals surface area contributed by atoms with Crippen LogP contribution in [0.25, 0.3) is 0 Å². The van der Waals surface area contributed by atoms with Gasteiger partial charge in [-0.25, -0.2) is 14.4 Å². The zero-order valence-corrected chi connectivity index (χ0v) is 14.7. The molecule has 0 aromatic heterocycles. The van der Waals surface area contributed by atoms with E-state index in [9.17, 15) is 19.5 Å². The van der Waals surface area contributed by atoms with Gasteiger partial charge in [-0.3, -0.25) is 0 Å². The number of aliphatic carboxylic acids is 1.